The van der Waals surface area contributed by atoms with Gasteiger partial charge in [0.2, 0.25) is 10.0 Å². The van der Waals surface area contributed by atoms with Crippen molar-refractivity contribution in [3.63, 3.8) is 0 Å². The highest BCUT2D eigenvalue weighted by molar-refractivity contribution is 7.89. The Kier molecular flexibility index (Phi) is 3.61. The van der Waals surface area contributed by atoms with Crippen molar-refractivity contribution in [2.24, 2.45) is 5.14 Å². The van der Waals surface area contributed by atoms with E-state index in [9.17, 15) is 8.42 Å². The fourth-order valence-electron chi connectivity index (χ4n) is 1.31. The second kappa shape index (κ2) is 4.58. The Hall–Kier alpha value is -1.47. The number of ether oxygens (including phenoxy) is 3. The third kappa shape index (κ3) is 2.20. The molecular weight excluding hydrogens is 234 g/mol. The van der Waals surface area contributed by atoms with Crippen LogP contribution < -0.4 is 19.3 Å². The van der Waals surface area contributed by atoms with Crippen LogP contribution in [-0.2, 0) is 10.0 Å². The van der Waals surface area contributed by atoms with Crippen molar-refractivity contribution < 1.29 is 22.6 Å². The number of benzene rings is 1. The highest BCUT2D eigenvalue weighted by Gasteiger charge is 2.24. The minimum Gasteiger partial charge on any atom is -0.495 e. The van der Waals surface area contributed by atoms with Crippen molar-refractivity contribution in [3.8, 4) is 17.2 Å². The van der Waals surface area contributed by atoms with Gasteiger partial charge in [0.25, 0.3) is 0 Å². The van der Waals surface area contributed by atoms with Gasteiger partial charge in [-0.2, -0.15) is 0 Å². The highest BCUT2D eigenvalue weighted by atomic mass is 32.2. The molecule has 2 N–H and O–H groups in total. The number of sulfonamides is 1. The Morgan fingerprint density at radius 3 is 1.88 bits per heavy atom. The molecule has 16 heavy (non-hydrogen) atoms. The van der Waals surface area contributed by atoms with Gasteiger partial charge in [-0.15, -0.1) is 0 Å². The summed E-state index contributed by atoms with van der Waals surface area (Å²) in [6.45, 7) is 0. The summed E-state index contributed by atoms with van der Waals surface area (Å²) in [5, 5.41) is 5.09. The average molecular weight is 247 g/mol. The summed E-state index contributed by atoms with van der Waals surface area (Å²) < 4.78 is 37.7. The van der Waals surface area contributed by atoms with E-state index in [1.54, 1.807) is 0 Å². The van der Waals surface area contributed by atoms with Crippen LogP contribution in [-0.4, -0.2) is 29.7 Å². The Labute approximate surface area is 94.0 Å². The fourth-order valence-corrected chi connectivity index (χ4v) is 2.18. The molecule has 0 atom stereocenters. The first-order valence-corrected chi connectivity index (χ1v) is 5.82. The molecule has 0 aromatic heterocycles. The largest absolute Gasteiger partial charge is 0.495 e. The zero-order valence-corrected chi connectivity index (χ0v) is 10.00. The quantitative estimate of drug-likeness (QED) is 0.830. The number of methoxy groups -OCH3 is 3. The standard InChI is InChI=1S/C9H13NO5S/c1-13-6-4-5-7(14-2)9(8(6)15-3)16(10,11)12/h4-5H,1-3H3,(H2,10,11,12). The third-order valence-electron chi connectivity index (χ3n) is 1.97. The van der Waals surface area contributed by atoms with Gasteiger partial charge in [0.15, 0.2) is 16.4 Å². The smallest absolute Gasteiger partial charge is 0.245 e. The lowest BCUT2D eigenvalue weighted by molar-refractivity contribution is 0.335. The Morgan fingerprint density at radius 1 is 1.00 bits per heavy atom. The maximum Gasteiger partial charge on any atom is 0.245 e. The van der Waals surface area contributed by atoms with Crippen LogP contribution in [0.1, 0.15) is 0 Å². The molecule has 0 fully saturated rings. The van der Waals surface area contributed by atoms with Crippen molar-refractivity contribution in [2.75, 3.05) is 21.3 Å². The molecule has 0 radical (unpaired) electrons. The van der Waals surface area contributed by atoms with Crippen LogP contribution in [0.15, 0.2) is 17.0 Å². The monoisotopic (exact) mass is 247 g/mol. The van der Waals surface area contributed by atoms with Gasteiger partial charge < -0.3 is 14.2 Å². The number of hydrogen-bond donors (Lipinski definition) is 1. The van der Waals surface area contributed by atoms with E-state index in [-0.39, 0.29) is 22.1 Å². The molecule has 0 aliphatic rings. The van der Waals surface area contributed by atoms with E-state index in [2.05, 4.69) is 0 Å². The SMILES string of the molecule is COc1ccc(OC)c(S(N)(=O)=O)c1OC. The molecule has 90 valence electrons. The van der Waals surface area contributed by atoms with Crippen LogP contribution in [0, 0.1) is 0 Å². The zero-order chi connectivity index (χ0) is 12.3. The minimum absolute atomic E-state index is 0.0318. The summed E-state index contributed by atoms with van der Waals surface area (Å²) in [6.07, 6.45) is 0. The van der Waals surface area contributed by atoms with Crippen molar-refractivity contribution in [1.29, 1.82) is 0 Å². The Bertz CT molecular complexity index is 483. The van der Waals surface area contributed by atoms with Gasteiger partial charge in [-0.25, -0.2) is 13.6 Å². The summed E-state index contributed by atoms with van der Waals surface area (Å²) in [4.78, 5) is -0.225. The van der Waals surface area contributed by atoms with Crippen LogP contribution in [0.2, 0.25) is 0 Å². The van der Waals surface area contributed by atoms with Crippen molar-refractivity contribution in [1.82, 2.24) is 0 Å². The van der Waals surface area contributed by atoms with Gasteiger partial charge in [0.05, 0.1) is 21.3 Å². The summed E-state index contributed by atoms with van der Waals surface area (Å²) in [7, 11) is 0.118. The number of rotatable bonds is 4. The van der Waals surface area contributed by atoms with Crippen molar-refractivity contribution >= 4 is 10.0 Å². The molecule has 1 aromatic rings. The third-order valence-corrected chi connectivity index (χ3v) is 2.92. The predicted molar refractivity (Wildman–Crippen MR) is 57.5 cm³/mol. The van der Waals surface area contributed by atoms with Gasteiger partial charge in [-0.05, 0) is 12.1 Å². The summed E-state index contributed by atoms with van der Waals surface area (Å²) in [5.74, 6) is 0.414. The Morgan fingerprint density at radius 2 is 1.50 bits per heavy atom. The average Bonchev–Trinajstić information content (AvgIpc) is 2.25. The Balaban J connectivity index is 3.63. The molecule has 0 aliphatic carbocycles. The van der Waals surface area contributed by atoms with Crippen molar-refractivity contribution in [3.05, 3.63) is 12.1 Å². The molecule has 0 bridgehead atoms. The van der Waals surface area contributed by atoms with E-state index in [0.29, 0.717) is 0 Å². The second-order valence-corrected chi connectivity index (χ2v) is 4.38. The van der Waals surface area contributed by atoms with Gasteiger partial charge in [-0.3, -0.25) is 0 Å². The van der Waals surface area contributed by atoms with E-state index in [0.717, 1.165) is 0 Å². The molecule has 0 unspecified atom stereocenters. The fraction of sp³-hybridized carbons (Fsp3) is 0.333. The van der Waals surface area contributed by atoms with Gasteiger partial charge >= 0.3 is 0 Å². The first-order chi connectivity index (χ1) is 7.45. The van der Waals surface area contributed by atoms with E-state index < -0.39 is 10.0 Å². The second-order valence-electron chi connectivity index (χ2n) is 2.88. The molecule has 0 saturated heterocycles. The topological polar surface area (TPSA) is 87.9 Å². The molecule has 7 heteroatoms. The van der Waals surface area contributed by atoms with Crippen LogP contribution in [0.25, 0.3) is 0 Å². The molecule has 1 rings (SSSR count). The first kappa shape index (κ1) is 12.6. The lowest BCUT2D eigenvalue weighted by Gasteiger charge is -2.14. The molecule has 0 amide bonds. The molecule has 1 aromatic carbocycles. The maximum absolute atomic E-state index is 11.4. The molecule has 0 saturated carbocycles. The van der Waals surface area contributed by atoms with E-state index in [1.807, 2.05) is 0 Å². The molecule has 6 nitrogen and oxygen atoms in total. The number of nitrogens with two attached hydrogens (primary N) is 1. The summed E-state index contributed by atoms with van der Waals surface area (Å²) >= 11 is 0. The van der Waals surface area contributed by atoms with Gasteiger partial charge in [0, 0.05) is 0 Å². The number of hydrogen-bond acceptors (Lipinski definition) is 5. The predicted octanol–water partition coefficient (Wildman–Crippen LogP) is 0.360. The molecular formula is C9H13NO5S. The minimum atomic E-state index is -3.95. The molecule has 0 heterocycles. The van der Waals surface area contributed by atoms with Gasteiger partial charge in [0.1, 0.15) is 5.75 Å². The van der Waals surface area contributed by atoms with Crippen molar-refractivity contribution in [2.45, 2.75) is 4.90 Å². The molecule has 0 aliphatic heterocycles. The lowest BCUT2D eigenvalue weighted by Crippen LogP contribution is -2.15. The van der Waals surface area contributed by atoms with Crippen LogP contribution in [0.4, 0.5) is 0 Å². The summed E-state index contributed by atoms with van der Waals surface area (Å²) in [6, 6.07) is 2.98. The first-order valence-electron chi connectivity index (χ1n) is 4.27. The van der Waals surface area contributed by atoms with E-state index >= 15 is 0 Å². The zero-order valence-electron chi connectivity index (χ0n) is 9.18. The van der Waals surface area contributed by atoms with Crippen LogP contribution in [0.5, 0.6) is 17.2 Å². The number of primary sulfonamides is 1. The van der Waals surface area contributed by atoms with Crippen LogP contribution in [0.3, 0.4) is 0 Å². The van der Waals surface area contributed by atoms with E-state index in [1.165, 1.54) is 33.5 Å². The maximum atomic E-state index is 11.4. The van der Waals surface area contributed by atoms with E-state index in [4.69, 9.17) is 19.3 Å². The van der Waals surface area contributed by atoms with Gasteiger partial charge in [-0.1, -0.05) is 0 Å². The van der Waals surface area contributed by atoms with Crippen LogP contribution >= 0.6 is 0 Å². The summed E-state index contributed by atoms with van der Waals surface area (Å²) in [5.41, 5.74) is 0. The lowest BCUT2D eigenvalue weighted by atomic mass is 10.3. The normalized spacial score (nSPS) is 11.0. The molecule has 0 spiro atoms. The highest BCUT2D eigenvalue weighted by Crippen LogP contribution is 2.39.